The quantitative estimate of drug-likeness (QED) is 0.413. The second-order valence-electron chi connectivity index (χ2n) is 6.18. The number of rotatable bonds is 9. The first kappa shape index (κ1) is 20.1. The first-order valence-corrected chi connectivity index (χ1v) is 8.90. The number of carbonyl (C=O) groups is 1. The summed E-state index contributed by atoms with van der Waals surface area (Å²) in [5.41, 5.74) is 7.04. The van der Waals surface area contributed by atoms with Gasteiger partial charge >= 0.3 is 0 Å². The number of nitrogens with zero attached hydrogens (tertiary/aromatic N) is 1. The molecule has 0 saturated heterocycles. The minimum Gasteiger partial charge on any atom is -0.490 e. The van der Waals surface area contributed by atoms with Gasteiger partial charge in [0.15, 0.2) is 0 Å². The number of primary amides is 1. The van der Waals surface area contributed by atoms with Crippen LogP contribution in [0.4, 0.5) is 0 Å². The fourth-order valence-electron chi connectivity index (χ4n) is 2.43. The van der Waals surface area contributed by atoms with E-state index in [1.165, 1.54) is 11.6 Å². The van der Waals surface area contributed by atoms with E-state index >= 15 is 0 Å². The Labute approximate surface area is 160 Å². The van der Waals surface area contributed by atoms with Crippen LogP contribution in [0, 0.1) is 11.3 Å². The molecule has 0 heterocycles. The number of nitrogens with two attached hydrogens (primary N) is 1. The molecule has 1 atom stereocenters. The molecule has 0 radical (unpaired) electrons. The summed E-state index contributed by atoms with van der Waals surface area (Å²) in [6.45, 7) is 5.23. The van der Waals surface area contributed by atoms with Gasteiger partial charge in [0.1, 0.15) is 36.4 Å². The van der Waals surface area contributed by atoms with Crippen LogP contribution in [0.3, 0.4) is 0 Å². The van der Waals surface area contributed by atoms with Gasteiger partial charge in [0.2, 0.25) is 0 Å². The summed E-state index contributed by atoms with van der Waals surface area (Å²) < 4.78 is 11.3. The molecule has 0 saturated carbocycles. The maximum absolute atomic E-state index is 11.1. The Morgan fingerprint density at radius 3 is 2.04 bits per heavy atom. The fraction of sp³-hybridized carbons (Fsp3) is 0.273. The standard InChI is InChI=1S/C22H24N2O3/c1-3-16(2)18-6-10-21(11-7-18)27-13-12-26-20-8-4-17(5-9-20)14-19(15-23)22(24)25/h4-11,14,16H,3,12-13H2,1-2H3,(H2,24,25). The van der Waals surface area contributed by atoms with E-state index < -0.39 is 5.91 Å². The predicted molar refractivity (Wildman–Crippen MR) is 105 cm³/mol. The van der Waals surface area contributed by atoms with Crippen molar-refractivity contribution in [1.29, 1.82) is 5.26 Å². The third kappa shape index (κ3) is 6.19. The van der Waals surface area contributed by atoms with Crippen LogP contribution in [0.5, 0.6) is 11.5 Å². The van der Waals surface area contributed by atoms with Crippen molar-refractivity contribution >= 4 is 12.0 Å². The van der Waals surface area contributed by atoms with Gasteiger partial charge in [-0.15, -0.1) is 0 Å². The van der Waals surface area contributed by atoms with E-state index in [1.807, 2.05) is 12.1 Å². The highest BCUT2D eigenvalue weighted by atomic mass is 16.5. The number of hydrogen-bond acceptors (Lipinski definition) is 4. The molecule has 0 aliphatic carbocycles. The molecule has 1 unspecified atom stereocenters. The first-order chi connectivity index (χ1) is 13.0. The average molecular weight is 364 g/mol. The molecule has 0 aromatic heterocycles. The number of carbonyl (C=O) groups excluding carboxylic acids is 1. The van der Waals surface area contributed by atoms with E-state index in [0.717, 1.165) is 12.2 Å². The second-order valence-corrected chi connectivity index (χ2v) is 6.18. The molecule has 2 N–H and O–H groups in total. The van der Waals surface area contributed by atoms with Gasteiger partial charge in [-0.1, -0.05) is 38.1 Å². The summed E-state index contributed by atoms with van der Waals surface area (Å²) in [5.74, 6) is 1.31. The van der Waals surface area contributed by atoms with Gasteiger partial charge < -0.3 is 15.2 Å². The van der Waals surface area contributed by atoms with Crippen molar-refractivity contribution in [3.63, 3.8) is 0 Å². The van der Waals surface area contributed by atoms with Gasteiger partial charge in [0.05, 0.1) is 0 Å². The Bertz CT molecular complexity index is 818. The monoisotopic (exact) mass is 364 g/mol. The van der Waals surface area contributed by atoms with E-state index in [2.05, 4.69) is 26.0 Å². The van der Waals surface area contributed by atoms with Crippen LogP contribution in [0.1, 0.15) is 37.3 Å². The van der Waals surface area contributed by atoms with Gasteiger partial charge in [-0.25, -0.2) is 0 Å². The van der Waals surface area contributed by atoms with Gasteiger partial charge in [-0.05, 0) is 53.8 Å². The van der Waals surface area contributed by atoms with Crippen molar-refractivity contribution in [3.8, 4) is 17.6 Å². The molecule has 0 aliphatic rings. The maximum atomic E-state index is 11.1. The Hall–Kier alpha value is -3.26. The summed E-state index contributed by atoms with van der Waals surface area (Å²) >= 11 is 0. The molecule has 0 spiro atoms. The lowest BCUT2D eigenvalue weighted by atomic mass is 9.99. The van der Waals surface area contributed by atoms with Crippen LogP contribution in [0.15, 0.2) is 54.1 Å². The van der Waals surface area contributed by atoms with E-state index in [9.17, 15) is 4.79 Å². The van der Waals surface area contributed by atoms with Gasteiger partial charge in [-0.3, -0.25) is 4.79 Å². The molecule has 0 aliphatic heterocycles. The number of nitriles is 1. The summed E-state index contributed by atoms with van der Waals surface area (Å²) in [6.07, 6.45) is 2.56. The van der Waals surface area contributed by atoms with Crippen molar-refractivity contribution in [2.75, 3.05) is 13.2 Å². The van der Waals surface area contributed by atoms with Gasteiger partial charge in [-0.2, -0.15) is 5.26 Å². The van der Waals surface area contributed by atoms with Crippen molar-refractivity contribution in [2.24, 2.45) is 5.73 Å². The number of benzene rings is 2. The molecule has 5 heteroatoms. The minimum atomic E-state index is -0.743. The number of ether oxygens (including phenoxy) is 2. The minimum absolute atomic E-state index is 0.0867. The van der Waals surface area contributed by atoms with Crippen LogP contribution < -0.4 is 15.2 Å². The molecule has 2 aromatic rings. The number of hydrogen-bond donors (Lipinski definition) is 1. The molecule has 0 bridgehead atoms. The van der Waals surface area contributed by atoms with Crippen molar-refractivity contribution in [3.05, 3.63) is 65.2 Å². The lowest BCUT2D eigenvalue weighted by molar-refractivity contribution is -0.114. The van der Waals surface area contributed by atoms with Gasteiger partial charge in [0, 0.05) is 0 Å². The molecular weight excluding hydrogens is 340 g/mol. The van der Waals surface area contributed by atoms with Crippen molar-refractivity contribution in [1.82, 2.24) is 0 Å². The zero-order valence-electron chi connectivity index (χ0n) is 15.6. The Balaban J connectivity index is 1.80. The summed E-state index contributed by atoms with van der Waals surface area (Å²) in [7, 11) is 0. The van der Waals surface area contributed by atoms with Crippen LogP contribution in [0.25, 0.3) is 6.08 Å². The topological polar surface area (TPSA) is 85.3 Å². The molecule has 140 valence electrons. The Morgan fingerprint density at radius 1 is 1.07 bits per heavy atom. The van der Waals surface area contributed by atoms with Gasteiger partial charge in [0.25, 0.3) is 5.91 Å². The molecular formula is C22H24N2O3. The fourth-order valence-corrected chi connectivity index (χ4v) is 2.43. The second kappa shape index (κ2) is 10.0. The normalized spacial score (nSPS) is 12.1. The maximum Gasteiger partial charge on any atom is 0.259 e. The molecule has 0 fully saturated rings. The molecule has 2 aromatic carbocycles. The first-order valence-electron chi connectivity index (χ1n) is 8.90. The highest BCUT2D eigenvalue weighted by molar-refractivity contribution is 6.00. The van der Waals surface area contributed by atoms with E-state index in [1.54, 1.807) is 30.3 Å². The van der Waals surface area contributed by atoms with Crippen molar-refractivity contribution in [2.45, 2.75) is 26.2 Å². The smallest absolute Gasteiger partial charge is 0.259 e. The Morgan fingerprint density at radius 2 is 1.59 bits per heavy atom. The van der Waals surface area contributed by atoms with E-state index in [0.29, 0.717) is 30.4 Å². The molecule has 5 nitrogen and oxygen atoms in total. The average Bonchev–Trinajstić information content (AvgIpc) is 2.70. The Kier molecular flexibility index (Phi) is 7.45. The highest BCUT2D eigenvalue weighted by Gasteiger charge is 2.04. The highest BCUT2D eigenvalue weighted by Crippen LogP contribution is 2.21. The van der Waals surface area contributed by atoms with Crippen LogP contribution in [0.2, 0.25) is 0 Å². The van der Waals surface area contributed by atoms with E-state index in [4.69, 9.17) is 20.5 Å². The van der Waals surface area contributed by atoms with Crippen LogP contribution in [-0.2, 0) is 4.79 Å². The summed E-state index contributed by atoms with van der Waals surface area (Å²) in [5, 5.41) is 8.85. The van der Waals surface area contributed by atoms with Crippen LogP contribution >= 0.6 is 0 Å². The zero-order chi connectivity index (χ0) is 19.6. The van der Waals surface area contributed by atoms with E-state index in [-0.39, 0.29) is 5.57 Å². The van der Waals surface area contributed by atoms with Crippen LogP contribution in [-0.4, -0.2) is 19.1 Å². The molecule has 1 amide bonds. The lowest BCUT2D eigenvalue weighted by Gasteiger charge is -2.11. The largest absolute Gasteiger partial charge is 0.490 e. The zero-order valence-corrected chi connectivity index (χ0v) is 15.6. The number of amides is 1. The summed E-state index contributed by atoms with van der Waals surface area (Å²) in [6, 6.07) is 17.0. The predicted octanol–water partition coefficient (Wildman–Crippen LogP) is 4.05. The third-order valence-electron chi connectivity index (χ3n) is 4.26. The molecule has 2 rings (SSSR count). The van der Waals surface area contributed by atoms with Crippen molar-refractivity contribution < 1.29 is 14.3 Å². The third-order valence-corrected chi connectivity index (χ3v) is 4.26. The lowest BCUT2D eigenvalue weighted by Crippen LogP contribution is -2.12. The summed E-state index contributed by atoms with van der Waals surface area (Å²) in [4.78, 5) is 11.1. The SMILES string of the molecule is CCC(C)c1ccc(OCCOc2ccc(C=C(C#N)C(N)=O)cc2)cc1. The molecule has 27 heavy (non-hydrogen) atoms.